The molecule has 0 radical (unpaired) electrons. The highest BCUT2D eigenvalue weighted by atomic mass is 32.2. The fourth-order valence-electron chi connectivity index (χ4n) is 2.40. The minimum atomic E-state index is -3.68. The average molecular weight is 369 g/mol. The number of ether oxygens (including phenoxy) is 1. The van der Waals surface area contributed by atoms with Crippen LogP contribution in [0, 0.1) is 0 Å². The summed E-state index contributed by atoms with van der Waals surface area (Å²) in [6.45, 7) is 0. The zero-order chi connectivity index (χ0) is 18.6. The van der Waals surface area contributed by atoms with E-state index in [0.717, 1.165) is 5.69 Å². The van der Waals surface area contributed by atoms with Crippen LogP contribution in [-0.2, 0) is 10.0 Å². The first kappa shape index (κ1) is 17.8. The van der Waals surface area contributed by atoms with Gasteiger partial charge in [0.05, 0.1) is 23.9 Å². The quantitative estimate of drug-likeness (QED) is 0.718. The largest absolute Gasteiger partial charge is 0.497 e. The number of sulfonamides is 1. The van der Waals surface area contributed by atoms with Gasteiger partial charge in [0.15, 0.2) is 0 Å². The van der Waals surface area contributed by atoms with Gasteiger partial charge in [0.25, 0.3) is 10.0 Å². The topological polar surface area (TPSA) is 71.5 Å². The van der Waals surface area contributed by atoms with E-state index < -0.39 is 10.0 Å². The Morgan fingerprint density at radius 1 is 0.962 bits per heavy atom. The van der Waals surface area contributed by atoms with Gasteiger partial charge in [0, 0.05) is 12.7 Å². The highest BCUT2D eigenvalue weighted by molar-refractivity contribution is 7.92. The Labute approximate surface area is 153 Å². The first-order valence-corrected chi connectivity index (χ1v) is 9.39. The van der Waals surface area contributed by atoms with Gasteiger partial charge in [-0.15, -0.1) is 0 Å². The van der Waals surface area contributed by atoms with Crippen molar-refractivity contribution in [3.8, 4) is 5.75 Å². The molecule has 0 aliphatic carbocycles. The number of methoxy groups -OCH3 is 1. The molecule has 1 heterocycles. The first-order valence-electron chi connectivity index (χ1n) is 7.91. The van der Waals surface area contributed by atoms with Crippen LogP contribution in [0.1, 0.15) is 0 Å². The Morgan fingerprint density at radius 3 is 2.23 bits per heavy atom. The Bertz CT molecular complexity index is 957. The molecule has 0 unspecified atom stereocenters. The maximum Gasteiger partial charge on any atom is 0.261 e. The van der Waals surface area contributed by atoms with Gasteiger partial charge in [0.1, 0.15) is 11.6 Å². The van der Waals surface area contributed by atoms with Crippen LogP contribution < -0.4 is 14.4 Å². The second kappa shape index (κ2) is 7.45. The summed E-state index contributed by atoms with van der Waals surface area (Å²) in [6, 6.07) is 19.4. The van der Waals surface area contributed by atoms with E-state index in [-0.39, 0.29) is 4.90 Å². The molecule has 0 amide bonds. The van der Waals surface area contributed by atoms with Crippen molar-refractivity contribution < 1.29 is 13.2 Å². The number of nitrogens with one attached hydrogen (secondary N) is 1. The van der Waals surface area contributed by atoms with Crippen LogP contribution in [0.25, 0.3) is 0 Å². The lowest BCUT2D eigenvalue weighted by molar-refractivity contribution is 0.414. The van der Waals surface area contributed by atoms with Gasteiger partial charge >= 0.3 is 0 Å². The predicted octanol–water partition coefficient (Wildman–Crippen LogP) is 3.66. The van der Waals surface area contributed by atoms with Crippen LogP contribution in [0.4, 0.5) is 17.2 Å². The van der Waals surface area contributed by atoms with Gasteiger partial charge in [-0.05, 0) is 48.5 Å². The van der Waals surface area contributed by atoms with Gasteiger partial charge in [-0.25, -0.2) is 13.4 Å². The van der Waals surface area contributed by atoms with E-state index in [2.05, 4.69) is 9.71 Å². The van der Waals surface area contributed by atoms with E-state index >= 15 is 0 Å². The molecule has 1 aromatic heterocycles. The number of aromatic nitrogens is 1. The van der Waals surface area contributed by atoms with Gasteiger partial charge in [0.2, 0.25) is 0 Å². The number of pyridine rings is 1. The third-order valence-corrected chi connectivity index (χ3v) is 5.25. The molecule has 134 valence electrons. The average Bonchev–Trinajstić information content (AvgIpc) is 2.68. The SMILES string of the molecule is COc1ccc(S(=O)(=O)Nc2ccc(N(C)c3ccccc3)nc2)cc1. The second-order valence-corrected chi connectivity index (χ2v) is 7.26. The summed E-state index contributed by atoms with van der Waals surface area (Å²) in [5, 5.41) is 0. The lowest BCUT2D eigenvalue weighted by atomic mass is 10.3. The van der Waals surface area contributed by atoms with Crippen molar-refractivity contribution in [1.82, 2.24) is 4.98 Å². The Morgan fingerprint density at radius 2 is 1.65 bits per heavy atom. The van der Waals surface area contributed by atoms with Crippen molar-refractivity contribution in [3.63, 3.8) is 0 Å². The van der Waals surface area contributed by atoms with Crippen molar-refractivity contribution >= 4 is 27.2 Å². The molecule has 0 bridgehead atoms. The van der Waals surface area contributed by atoms with Crippen LogP contribution in [0.3, 0.4) is 0 Å². The van der Waals surface area contributed by atoms with Crippen molar-refractivity contribution in [2.24, 2.45) is 0 Å². The molecule has 3 rings (SSSR count). The van der Waals surface area contributed by atoms with Crippen molar-refractivity contribution in [3.05, 3.63) is 72.9 Å². The second-order valence-electron chi connectivity index (χ2n) is 5.58. The molecular weight excluding hydrogens is 350 g/mol. The van der Waals surface area contributed by atoms with Crippen LogP contribution in [-0.4, -0.2) is 27.6 Å². The van der Waals surface area contributed by atoms with E-state index in [1.165, 1.54) is 25.4 Å². The molecule has 0 atom stereocenters. The van der Waals surface area contributed by atoms with Gasteiger partial charge in [-0.2, -0.15) is 0 Å². The number of hydrogen-bond donors (Lipinski definition) is 1. The zero-order valence-electron chi connectivity index (χ0n) is 14.5. The summed E-state index contributed by atoms with van der Waals surface area (Å²) < 4.78 is 32.5. The summed E-state index contributed by atoms with van der Waals surface area (Å²) in [7, 11) is -0.252. The number of hydrogen-bond acceptors (Lipinski definition) is 5. The monoisotopic (exact) mass is 369 g/mol. The molecular formula is C19H19N3O3S. The third kappa shape index (κ3) is 3.94. The number of nitrogens with zero attached hydrogens (tertiary/aromatic N) is 2. The first-order chi connectivity index (χ1) is 12.5. The van der Waals surface area contributed by atoms with Crippen LogP contribution in [0.15, 0.2) is 77.8 Å². The number of anilines is 3. The zero-order valence-corrected chi connectivity index (χ0v) is 15.3. The minimum absolute atomic E-state index is 0.156. The number of benzene rings is 2. The molecule has 6 nitrogen and oxygen atoms in total. The third-order valence-electron chi connectivity index (χ3n) is 3.86. The van der Waals surface area contributed by atoms with E-state index in [1.807, 2.05) is 42.3 Å². The van der Waals surface area contributed by atoms with Crippen LogP contribution in [0.2, 0.25) is 0 Å². The maximum absolute atomic E-state index is 12.5. The normalized spacial score (nSPS) is 11.0. The maximum atomic E-state index is 12.5. The molecule has 0 saturated carbocycles. The Hall–Kier alpha value is -3.06. The fourth-order valence-corrected chi connectivity index (χ4v) is 3.44. The predicted molar refractivity (Wildman–Crippen MR) is 103 cm³/mol. The highest BCUT2D eigenvalue weighted by Crippen LogP contribution is 2.23. The van der Waals surface area contributed by atoms with Crippen molar-refractivity contribution in [2.75, 3.05) is 23.8 Å². The van der Waals surface area contributed by atoms with E-state index in [4.69, 9.17) is 4.74 Å². The Kier molecular flexibility index (Phi) is 5.09. The summed E-state index contributed by atoms with van der Waals surface area (Å²) in [4.78, 5) is 6.41. The van der Waals surface area contributed by atoms with Crippen LogP contribution in [0.5, 0.6) is 5.75 Å². The van der Waals surface area contributed by atoms with Crippen LogP contribution >= 0.6 is 0 Å². The van der Waals surface area contributed by atoms with E-state index in [1.54, 1.807) is 24.3 Å². The summed E-state index contributed by atoms with van der Waals surface area (Å²) in [5.74, 6) is 1.31. The van der Waals surface area contributed by atoms with E-state index in [9.17, 15) is 8.42 Å². The smallest absolute Gasteiger partial charge is 0.261 e. The lowest BCUT2D eigenvalue weighted by Gasteiger charge is -2.18. The minimum Gasteiger partial charge on any atom is -0.497 e. The molecule has 1 N–H and O–H groups in total. The molecule has 0 fully saturated rings. The molecule has 0 spiro atoms. The summed E-state index contributed by atoms with van der Waals surface area (Å²) >= 11 is 0. The molecule has 0 saturated heterocycles. The molecule has 0 aliphatic rings. The molecule has 3 aromatic rings. The van der Waals surface area contributed by atoms with Crippen molar-refractivity contribution in [2.45, 2.75) is 4.90 Å². The highest BCUT2D eigenvalue weighted by Gasteiger charge is 2.15. The molecule has 26 heavy (non-hydrogen) atoms. The van der Waals surface area contributed by atoms with Gasteiger partial charge < -0.3 is 9.64 Å². The molecule has 2 aromatic carbocycles. The van der Waals surface area contributed by atoms with Gasteiger partial charge in [-0.1, -0.05) is 18.2 Å². The fraction of sp³-hybridized carbons (Fsp3) is 0.105. The molecule has 0 aliphatic heterocycles. The van der Waals surface area contributed by atoms with Gasteiger partial charge in [-0.3, -0.25) is 4.72 Å². The van der Waals surface area contributed by atoms with Crippen molar-refractivity contribution in [1.29, 1.82) is 0 Å². The number of para-hydroxylation sites is 1. The summed E-state index contributed by atoms with van der Waals surface area (Å²) in [6.07, 6.45) is 1.50. The number of rotatable bonds is 6. The Balaban J connectivity index is 1.76. The lowest BCUT2D eigenvalue weighted by Crippen LogP contribution is -2.14. The molecule has 7 heteroatoms. The summed E-state index contributed by atoms with van der Waals surface area (Å²) in [5.41, 5.74) is 1.39. The standard InChI is InChI=1S/C19H19N3O3S/c1-22(16-6-4-3-5-7-16)19-13-8-15(14-20-19)21-26(23,24)18-11-9-17(25-2)10-12-18/h3-14,21H,1-2H3. The van der Waals surface area contributed by atoms with E-state index in [0.29, 0.717) is 17.3 Å².